The van der Waals surface area contributed by atoms with Gasteiger partial charge in [0.15, 0.2) is 11.6 Å². The van der Waals surface area contributed by atoms with Crippen molar-refractivity contribution in [2.24, 2.45) is 29.6 Å². The highest BCUT2D eigenvalue weighted by atomic mass is 19.1. The van der Waals surface area contributed by atoms with Crippen LogP contribution in [0.5, 0.6) is 11.5 Å². The first-order chi connectivity index (χ1) is 18.7. The maximum absolute atomic E-state index is 15.0. The van der Waals surface area contributed by atoms with Gasteiger partial charge in [0, 0.05) is 18.7 Å². The van der Waals surface area contributed by atoms with E-state index in [2.05, 4.69) is 24.5 Å². The minimum Gasteiger partial charge on any atom is -0.496 e. The van der Waals surface area contributed by atoms with Gasteiger partial charge in [0.25, 0.3) is 5.91 Å². The topological polar surface area (TPSA) is 103 Å². The van der Waals surface area contributed by atoms with Crippen LogP contribution in [-0.2, 0) is 14.3 Å². The molecule has 5 atom stereocenters. The zero-order valence-electron chi connectivity index (χ0n) is 23.6. The number of esters is 1. The Balaban J connectivity index is 1.44. The summed E-state index contributed by atoms with van der Waals surface area (Å²) in [5.74, 6) is -0.649. The van der Waals surface area contributed by atoms with E-state index in [4.69, 9.17) is 14.2 Å². The second kappa shape index (κ2) is 13.0. The lowest BCUT2D eigenvalue weighted by Crippen LogP contribution is -2.50. The Bertz CT molecular complexity index is 1040. The number of amides is 2. The molecular formula is C30H43FN2O6. The SMILES string of the molecule is CCOC(=O)C1CCC(Oc2cc(C(=O)N[C@@H]3[C@H]4CC[C@H](C4)[C@@H]3C(=O)NCC(C)CC)c(OC)cc2F)CC1. The van der Waals surface area contributed by atoms with Crippen molar-refractivity contribution in [3.8, 4) is 11.5 Å². The van der Waals surface area contributed by atoms with Gasteiger partial charge in [0.1, 0.15) is 5.75 Å². The van der Waals surface area contributed by atoms with E-state index in [1.54, 1.807) is 6.92 Å². The molecule has 0 radical (unpaired) electrons. The number of methoxy groups -OCH3 is 1. The predicted octanol–water partition coefficient (Wildman–Crippen LogP) is 4.64. The average molecular weight is 547 g/mol. The van der Waals surface area contributed by atoms with Gasteiger partial charge in [-0.1, -0.05) is 20.3 Å². The molecule has 8 nitrogen and oxygen atoms in total. The van der Waals surface area contributed by atoms with E-state index in [1.165, 1.54) is 19.2 Å². The van der Waals surface area contributed by atoms with Crippen molar-refractivity contribution in [3.05, 3.63) is 23.5 Å². The second-order valence-electron chi connectivity index (χ2n) is 11.4. The highest BCUT2D eigenvalue weighted by Crippen LogP contribution is 2.49. The average Bonchev–Trinajstić information content (AvgIpc) is 3.55. The molecule has 1 aromatic rings. The third-order valence-electron chi connectivity index (χ3n) is 8.92. The lowest BCUT2D eigenvalue weighted by Gasteiger charge is -2.31. The van der Waals surface area contributed by atoms with Crippen molar-refractivity contribution in [1.82, 2.24) is 10.6 Å². The lowest BCUT2D eigenvalue weighted by atomic mass is 9.83. The molecule has 1 aromatic carbocycles. The largest absolute Gasteiger partial charge is 0.496 e. The summed E-state index contributed by atoms with van der Waals surface area (Å²) in [6.45, 7) is 6.96. The molecule has 0 aliphatic heterocycles. The summed E-state index contributed by atoms with van der Waals surface area (Å²) in [5, 5.41) is 6.20. The van der Waals surface area contributed by atoms with E-state index >= 15 is 0 Å². The standard InChI is InChI=1S/C30H43FN2O6/c1-5-17(3)16-32-29(35)26-19-7-8-20(13-19)27(26)33-28(34)22-14-25(23(31)15-24(22)37-4)39-21-11-9-18(10-12-21)30(36)38-6-2/h14-15,17-21,26-27H,5-13,16H2,1-4H3,(H,32,35)(H,33,34)/t17?,18?,19-,20+,21?,26+,27-/m1/s1. The highest BCUT2D eigenvalue weighted by molar-refractivity contribution is 5.98. The van der Waals surface area contributed by atoms with Crippen LogP contribution in [0.15, 0.2) is 12.1 Å². The van der Waals surface area contributed by atoms with Crippen LogP contribution in [0, 0.1) is 35.4 Å². The molecule has 0 saturated heterocycles. The van der Waals surface area contributed by atoms with Crippen LogP contribution >= 0.6 is 0 Å². The molecule has 216 valence electrons. The maximum atomic E-state index is 15.0. The van der Waals surface area contributed by atoms with Gasteiger partial charge >= 0.3 is 5.97 Å². The number of carbonyl (C=O) groups is 3. The molecule has 9 heteroatoms. The molecule has 2 N–H and O–H groups in total. The Morgan fingerprint density at radius 1 is 1.03 bits per heavy atom. The van der Waals surface area contributed by atoms with E-state index in [0.29, 0.717) is 44.8 Å². The molecule has 3 saturated carbocycles. The predicted molar refractivity (Wildman–Crippen MR) is 144 cm³/mol. The summed E-state index contributed by atoms with van der Waals surface area (Å²) >= 11 is 0. The van der Waals surface area contributed by atoms with Gasteiger partial charge in [-0.15, -0.1) is 0 Å². The summed E-state index contributed by atoms with van der Waals surface area (Å²) in [6.07, 6.45) is 6.03. The number of rotatable bonds is 11. The number of hydrogen-bond acceptors (Lipinski definition) is 6. The number of nitrogens with one attached hydrogen (secondary N) is 2. The van der Waals surface area contributed by atoms with Crippen LogP contribution < -0.4 is 20.1 Å². The van der Waals surface area contributed by atoms with Crippen LogP contribution in [0.2, 0.25) is 0 Å². The molecule has 0 heterocycles. The van der Waals surface area contributed by atoms with E-state index in [9.17, 15) is 18.8 Å². The van der Waals surface area contributed by atoms with Crippen molar-refractivity contribution in [3.63, 3.8) is 0 Å². The maximum Gasteiger partial charge on any atom is 0.308 e. The van der Waals surface area contributed by atoms with Crippen molar-refractivity contribution < 1.29 is 33.0 Å². The summed E-state index contributed by atoms with van der Waals surface area (Å²) in [7, 11) is 1.39. The molecule has 1 unspecified atom stereocenters. The molecule has 39 heavy (non-hydrogen) atoms. The molecule has 0 aromatic heterocycles. The van der Waals surface area contributed by atoms with Crippen molar-refractivity contribution in [2.45, 2.75) is 84.3 Å². The third-order valence-corrected chi connectivity index (χ3v) is 8.92. The molecule has 3 fully saturated rings. The van der Waals surface area contributed by atoms with E-state index in [0.717, 1.165) is 25.7 Å². The summed E-state index contributed by atoms with van der Waals surface area (Å²) in [4.78, 5) is 38.7. The van der Waals surface area contributed by atoms with Gasteiger partial charge in [-0.05, 0) is 75.7 Å². The fourth-order valence-electron chi connectivity index (χ4n) is 6.47. The first kappa shape index (κ1) is 29.2. The summed E-state index contributed by atoms with van der Waals surface area (Å²) < 4.78 is 31.4. The number of hydrogen-bond donors (Lipinski definition) is 2. The Morgan fingerprint density at radius 3 is 2.41 bits per heavy atom. The number of fused-ring (bicyclic) bond motifs is 2. The van der Waals surface area contributed by atoms with E-state index < -0.39 is 11.7 Å². The first-order valence-corrected chi connectivity index (χ1v) is 14.5. The molecule has 2 bridgehead atoms. The van der Waals surface area contributed by atoms with Gasteiger partial charge < -0.3 is 24.8 Å². The minimum absolute atomic E-state index is 0.00122. The molecule has 0 spiro atoms. The Hall–Kier alpha value is -2.84. The Morgan fingerprint density at radius 2 is 1.74 bits per heavy atom. The second-order valence-corrected chi connectivity index (χ2v) is 11.4. The number of carbonyl (C=O) groups excluding carboxylic acids is 3. The highest BCUT2D eigenvalue weighted by Gasteiger charge is 2.51. The molecule has 3 aliphatic rings. The first-order valence-electron chi connectivity index (χ1n) is 14.5. The monoisotopic (exact) mass is 546 g/mol. The van der Waals surface area contributed by atoms with Crippen molar-refractivity contribution in [2.75, 3.05) is 20.3 Å². The van der Waals surface area contributed by atoms with Crippen LogP contribution in [0.4, 0.5) is 4.39 Å². The molecule has 3 aliphatic carbocycles. The quantitative estimate of drug-likeness (QED) is 0.392. The van der Waals surface area contributed by atoms with Gasteiger partial charge in [-0.3, -0.25) is 14.4 Å². The number of ether oxygens (including phenoxy) is 3. The van der Waals surface area contributed by atoms with Gasteiger partial charge in [-0.25, -0.2) is 4.39 Å². The molecule has 2 amide bonds. The van der Waals surface area contributed by atoms with Gasteiger partial charge in [0.2, 0.25) is 5.91 Å². The normalized spacial score (nSPS) is 28.4. The fraction of sp³-hybridized carbons (Fsp3) is 0.700. The lowest BCUT2D eigenvalue weighted by molar-refractivity contribution is -0.149. The van der Waals surface area contributed by atoms with Gasteiger partial charge in [0.05, 0.1) is 37.2 Å². The minimum atomic E-state index is -0.613. The van der Waals surface area contributed by atoms with Crippen molar-refractivity contribution >= 4 is 17.8 Å². The van der Waals surface area contributed by atoms with Crippen molar-refractivity contribution in [1.29, 1.82) is 0 Å². The van der Waals surface area contributed by atoms with Gasteiger partial charge in [-0.2, -0.15) is 0 Å². The van der Waals surface area contributed by atoms with Crippen LogP contribution in [0.25, 0.3) is 0 Å². The smallest absolute Gasteiger partial charge is 0.308 e. The summed E-state index contributed by atoms with van der Waals surface area (Å²) in [6, 6.07) is 2.29. The number of halogens is 1. The van der Waals surface area contributed by atoms with E-state index in [-0.39, 0.29) is 64.8 Å². The summed E-state index contributed by atoms with van der Waals surface area (Å²) in [5.41, 5.74) is 0.177. The number of benzene rings is 1. The Labute approximate surface area is 230 Å². The van der Waals surface area contributed by atoms with Crippen LogP contribution in [0.3, 0.4) is 0 Å². The van der Waals surface area contributed by atoms with E-state index in [1.807, 2.05) is 0 Å². The molecule has 4 rings (SSSR count). The zero-order chi connectivity index (χ0) is 28.1. The third kappa shape index (κ3) is 6.67. The Kier molecular flexibility index (Phi) is 9.72. The molecular weight excluding hydrogens is 503 g/mol. The zero-order valence-corrected chi connectivity index (χ0v) is 23.6. The van der Waals surface area contributed by atoms with Crippen LogP contribution in [-0.4, -0.2) is 50.2 Å². The fourth-order valence-corrected chi connectivity index (χ4v) is 6.47. The van der Waals surface area contributed by atoms with Crippen LogP contribution in [0.1, 0.15) is 82.5 Å².